The number of nitrogens with zero attached hydrogens (tertiary/aromatic N) is 1. The quantitative estimate of drug-likeness (QED) is 0.620. The zero-order valence-electron chi connectivity index (χ0n) is 14.5. The van der Waals surface area contributed by atoms with Crippen molar-refractivity contribution < 1.29 is 9.53 Å². The van der Waals surface area contributed by atoms with Gasteiger partial charge in [0.15, 0.2) is 0 Å². The molecule has 1 aromatic heterocycles. The summed E-state index contributed by atoms with van der Waals surface area (Å²) in [5.41, 5.74) is 4.15. The lowest BCUT2D eigenvalue weighted by Crippen LogP contribution is -2.12. The lowest BCUT2D eigenvalue weighted by molar-refractivity contribution is 0.0515. The van der Waals surface area contributed by atoms with Crippen LogP contribution in [0.25, 0.3) is 10.9 Å². The second kappa shape index (κ2) is 6.91. The standard InChI is InChI=1S/C21H23NO2/c1-4-24-21(23)20-13-18-7-5-6-8-19(18)22(20)14-16-9-11-17(12-10-16)15(2)3/h5-13,15H,4,14H2,1-3H3. The van der Waals surface area contributed by atoms with E-state index in [-0.39, 0.29) is 5.97 Å². The molecule has 2 aromatic carbocycles. The molecule has 0 unspecified atom stereocenters. The van der Waals surface area contributed by atoms with Crippen LogP contribution in [0.5, 0.6) is 0 Å². The number of ether oxygens (including phenoxy) is 1. The summed E-state index contributed by atoms with van der Waals surface area (Å²) in [6.07, 6.45) is 0. The number of carbonyl (C=O) groups excluding carboxylic acids is 1. The summed E-state index contributed by atoms with van der Waals surface area (Å²) >= 11 is 0. The molecule has 3 nitrogen and oxygen atoms in total. The van der Waals surface area contributed by atoms with Crippen LogP contribution in [0.1, 0.15) is 48.3 Å². The van der Waals surface area contributed by atoms with Crippen molar-refractivity contribution in [3.63, 3.8) is 0 Å². The van der Waals surface area contributed by atoms with Crippen LogP contribution in [0.3, 0.4) is 0 Å². The fourth-order valence-electron chi connectivity index (χ4n) is 2.95. The highest BCUT2D eigenvalue weighted by Gasteiger charge is 2.16. The van der Waals surface area contributed by atoms with E-state index in [1.807, 2.05) is 41.8 Å². The minimum Gasteiger partial charge on any atom is -0.461 e. The molecule has 0 N–H and O–H groups in total. The van der Waals surface area contributed by atoms with Crippen LogP contribution in [-0.4, -0.2) is 17.1 Å². The van der Waals surface area contributed by atoms with Gasteiger partial charge in [0.05, 0.1) is 6.61 Å². The van der Waals surface area contributed by atoms with E-state index in [9.17, 15) is 4.79 Å². The molecule has 0 saturated carbocycles. The third kappa shape index (κ3) is 3.21. The largest absolute Gasteiger partial charge is 0.461 e. The number of carbonyl (C=O) groups is 1. The number of esters is 1. The zero-order chi connectivity index (χ0) is 17.1. The fraction of sp³-hybridized carbons (Fsp3) is 0.286. The lowest BCUT2D eigenvalue weighted by Gasteiger charge is -2.12. The van der Waals surface area contributed by atoms with Crippen molar-refractivity contribution in [2.45, 2.75) is 33.2 Å². The monoisotopic (exact) mass is 321 g/mol. The van der Waals surface area contributed by atoms with Gasteiger partial charge in [-0.1, -0.05) is 56.3 Å². The normalized spacial score (nSPS) is 11.2. The number of rotatable bonds is 5. The first-order chi connectivity index (χ1) is 11.6. The maximum absolute atomic E-state index is 12.3. The Bertz CT molecular complexity index is 844. The Morgan fingerprint density at radius 3 is 2.46 bits per heavy atom. The third-order valence-electron chi connectivity index (χ3n) is 4.28. The van der Waals surface area contributed by atoms with Crippen LogP contribution < -0.4 is 0 Å². The van der Waals surface area contributed by atoms with Crippen LogP contribution in [0.2, 0.25) is 0 Å². The minimum absolute atomic E-state index is 0.271. The van der Waals surface area contributed by atoms with Gasteiger partial charge >= 0.3 is 5.97 Å². The van der Waals surface area contributed by atoms with Crippen molar-refractivity contribution in [1.29, 1.82) is 0 Å². The van der Waals surface area contributed by atoms with Gasteiger partial charge in [0.1, 0.15) is 5.69 Å². The molecule has 0 aliphatic heterocycles. The van der Waals surface area contributed by atoms with Crippen LogP contribution in [0, 0.1) is 0 Å². The number of fused-ring (bicyclic) bond motifs is 1. The van der Waals surface area contributed by atoms with Gasteiger partial charge in [-0.25, -0.2) is 4.79 Å². The van der Waals surface area contributed by atoms with Crippen molar-refractivity contribution in [2.24, 2.45) is 0 Å². The molecule has 3 rings (SSSR count). The first kappa shape index (κ1) is 16.3. The molecule has 3 heteroatoms. The van der Waals surface area contributed by atoms with E-state index >= 15 is 0 Å². The maximum Gasteiger partial charge on any atom is 0.354 e. The summed E-state index contributed by atoms with van der Waals surface area (Å²) in [7, 11) is 0. The average Bonchev–Trinajstić information content (AvgIpc) is 2.94. The van der Waals surface area contributed by atoms with Crippen LogP contribution in [0.15, 0.2) is 54.6 Å². The van der Waals surface area contributed by atoms with Gasteiger partial charge in [-0.3, -0.25) is 0 Å². The average molecular weight is 321 g/mol. The van der Waals surface area contributed by atoms with Gasteiger partial charge in [0.2, 0.25) is 0 Å². The fourth-order valence-corrected chi connectivity index (χ4v) is 2.95. The Hall–Kier alpha value is -2.55. The van der Waals surface area contributed by atoms with Gasteiger partial charge in [0.25, 0.3) is 0 Å². The molecule has 3 aromatic rings. The Kier molecular flexibility index (Phi) is 4.70. The molecule has 0 atom stereocenters. The van der Waals surface area contributed by atoms with Gasteiger partial charge < -0.3 is 9.30 Å². The van der Waals surface area contributed by atoms with Gasteiger partial charge in [-0.2, -0.15) is 0 Å². The van der Waals surface area contributed by atoms with E-state index in [0.29, 0.717) is 24.8 Å². The first-order valence-electron chi connectivity index (χ1n) is 8.44. The molecule has 0 radical (unpaired) electrons. The molecule has 0 aliphatic carbocycles. The number of para-hydroxylation sites is 1. The topological polar surface area (TPSA) is 31.2 Å². The van der Waals surface area contributed by atoms with Crippen molar-refractivity contribution in [1.82, 2.24) is 4.57 Å². The highest BCUT2D eigenvalue weighted by atomic mass is 16.5. The summed E-state index contributed by atoms with van der Waals surface area (Å²) < 4.78 is 7.27. The van der Waals surface area contributed by atoms with Gasteiger partial charge in [0, 0.05) is 17.4 Å². The molecule has 0 fully saturated rings. The van der Waals surface area contributed by atoms with E-state index in [4.69, 9.17) is 4.74 Å². The highest BCUT2D eigenvalue weighted by molar-refractivity contribution is 5.95. The van der Waals surface area contributed by atoms with E-state index in [2.05, 4.69) is 38.1 Å². The van der Waals surface area contributed by atoms with Crippen LogP contribution >= 0.6 is 0 Å². The number of aromatic nitrogens is 1. The Morgan fingerprint density at radius 1 is 1.08 bits per heavy atom. The number of hydrogen-bond acceptors (Lipinski definition) is 2. The first-order valence-corrected chi connectivity index (χ1v) is 8.44. The summed E-state index contributed by atoms with van der Waals surface area (Å²) in [6, 6.07) is 18.6. The molecule has 0 aliphatic rings. The zero-order valence-corrected chi connectivity index (χ0v) is 14.5. The van der Waals surface area contributed by atoms with E-state index in [1.165, 1.54) is 11.1 Å². The summed E-state index contributed by atoms with van der Waals surface area (Å²) in [5.74, 6) is 0.244. The molecule has 0 bridgehead atoms. The van der Waals surface area contributed by atoms with E-state index in [1.54, 1.807) is 0 Å². The minimum atomic E-state index is -0.271. The summed E-state index contributed by atoms with van der Waals surface area (Å²) in [6.45, 7) is 7.24. The molecule has 0 spiro atoms. The molecular formula is C21H23NO2. The van der Waals surface area contributed by atoms with E-state index in [0.717, 1.165) is 10.9 Å². The predicted octanol–water partition coefficient (Wildman–Crippen LogP) is 4.99. The second-order valence-corrected chi connectivity index (χ2v) is 6.29. The summed E-state index contributed by atoms with van der Waals surface area (Å²) in [4.78, 5) is 12.3. The molecule has 0 amide bonds. The van der Waals surface area contributed by atoms with Crippen molar-refractivity contribution >= 4 is 16.9 Å². The third-order valence-corrected chi connectivity index (χ3v) is 4.28. The maximum atomic E-state index is 12.3. The van der Waals surface area contributed by atoms with Crippen LogP contribution in [-0.2, 0) is 11.3 Å². The Morgan fingerprint density at radius 2 is 1.79 bits per heavy atom. The Labute approximate surface area is 142 Å². The molecular weight excluding hydrogens is 298 g/mol. The summed E-state index contributed by atoms with van der Waals surface area (Å²) in [5, 5.41) is 1.05. The van der Waals surface area contributed by atoms with Crippen LogP contribution in [0.4, 0.5) is 0 Å². The smallest absolute Gasteiger partial charge is 0.354 e. The van der Waals surface area contributed by atoms with E-state index < -0.39 is 0 Å². The SMILES string of the molecule is CCOC(=O)c1cc2ccccc2n1Cc1ccc(C(C)C)cc1. The number of hydrogen-bond donors (Lipinski definition) is 0. The lowest BCUT2D eigenvalue weighted by atomic mass is 10.0. The van der Waals surface area contributed by atoms with Crippen molar-refractivity contribution in [3.8, 4) is 0 Å². The second-order valence-electron chi connectivity index (χ2n) is 6.29. The highest BCUT2D eigenvalue weighted by Crippen LogP contribution is 2.23. The van der Waals surface area contributed by atoms with Crippen molar-refractivity contribution in [3.05, 3.63) is 71.4 Å². The van der Waals surface area contributed by atoms with Gasteiger partial charge in [-0.15, -0.1) is 0 Å². The van der Waals surface area contributed by atoms with Gasteiger partial charge in [-0.05, 0) is 36.1 Å². The molecule has 1 heterocycles. The molecule has 0 saturated heterocycles. The predicted molar refractivity (Wildman–Crippen MR) is 97.5 cm³/mol. The number of benzene rings is 2. The molecule has 124 valence electrons. The molecule has 24 heavy (non-hydrogen) atoms. The Balaban J connectivity index is 2.00. The van der Waals surface area contributed by atoms with Crippen molar-refractivity contribution in [2.75, 3.05) is 6.61 Å².